The number of rotatable bonds is 5. The Kier molecular flexibility index (Phi) is 5.14. The lowest BCUT2D eigenvalue weighted by molar-refractivity contribution is 0.0423. The van der Waals surface area contributed by atoms with Gasteiger partial charge in [0.15, 0.2) is 0 Å². The number of carbonyl (C=O) groups excluding carboxylic acids is 2. The van der Waals surface area contributed by atoms with E-state index in [9.17, 15) is 14.9 Å². The first-order chi connectivity index (χ1) is 13.0. The number of aryl methyl sites for hydroxylation is 1. The average molecular weight is 384 g/mol. The summed E-state index contributed by atoms with van der Waals surface area (Å²) < 4.78 is 15.9. The van der Waals surface area contributed by atoms with Gasteiger partial charge in [-0.05, 0) is 19.9 Å². The number of nitriles is 1. The first-order valence-corrected chi connectivity index (χ1v) is 8.93. The number of thiophene rings is 1. The van der Waals surface area contributed by atoms with E-state index in [0.717, 1.165) is 16.7 Å². The summed E-state index contributed by atoms with van der Waals surface area (Å²) in [6.45, 7) is 3.32. The van der Waals surface area contributed by atoms with Crippen LogP contribution < -0.4 is 5.73 Å². The zero-order valence-corrected chi connectivity index (χ0v) is 15.5. The Bertz CT molecular complexity index is 1070. The molecule has 0 unspecified atom stereocenters. The van der Waals surface area contributed by atoms with Crippen molar-refractivity contribution in [2.24, 2.45) is 0 Å². The van der Waals surface area contributed by atoms with E-state index in [1.807, 2.05) is 18.2 Å². The first-order valence-electron chi connectivity index (χ1n) is 8.11. The number of anilines is 1. The second kappa shape index (κ2) is 7.51. The number of esters is 2. The standard InChI is InChI=1S/C19H16N2O5S/c1-3-24-19(23)16-13(12(8-20)17(21)27-16)9-25-18(22)15-10(2)11-6-4-5-7-14(11)26-15/h4-7H,3,9,21H2,1-2H3. The van der Waals surface area contributed by atoms with Crippen molar-refractivity contribution in [3.8, 4) is 6.07 Å². The predicted octanol–water partition coefficient (Wildman–Crippen LogP) is 3.79. The number of nitrogens with zero attached hydrogens (tertiary/aromatic N) is 1. The van der Waals surface area contributed by atoms with Crippen LogP contribution in [-0.2, 0) is 16.1 Å². The van der Waals surface area contributed by atoms with Gasteiger partial charge in [0.2, 0.25) is 5.76 Å². The monoisotopic (exact) mass is 384 g/mol. The SMILES string of the molecule is CCOC(=O)c1sc(N)c(C#N)c1COC(=O)c1oc2ccccc2c1C. The highest BCUT2D eigenvalue weighted by Gasteiger charge is 2.25. The predicted molar refractivity (Wildman–Crippen MR) is 99.5 cm³/mol. The molecule has 0 aliphatic heterocycles. The van der Waals surface area contributed by atoms with Gasteiger partial charge in [-0.1, -0.05) is 18.2 Å². The second-order valence-corrected chi connectivity index (χ2v) is 6.66. The summed E-state index contributed by atoms with van der Waals surface area (Å²) in [6, 6.07) is 9.19. The summed E-state index contributed by atoms with van der Waals surface area (Å²) >= 11 is 0.934. The molecule has 0 atom stereocenters. The first kappa shape index (κ1) is 18.5. The minimum atomic E-state index is -0.688. The molecule has 0 spiro atoms. The van der Waals surface area contributed by atoms with E-state index in [0.29, 0.717) is 11.1 Å². The number of ether oxygens (including phenoxy) is 2. The van der Waals surface area contributed by atoms with E-state index in [4.69, 9.17) is 19.6 Å². The summed E-state index contributed by atoms with van der Waals surface area (Å²) in [6.07, 6.45) is 0. The Morgan fingerprint density at radius 1 is 1.26 bits per heavy atom. The normalized spacial score (nSPS) is 10.6. The van der Waals surface area contributed by atoms with Crippen molar-refractivity contribution in [1.29, 1.82) is 5.26 Å². The van der Waals surface area contributed by atoms with Gasteiger partial charge in [0.1, 0.15) is 28.1 Å². The molecule has 2 heterocycles. The smallest absolute Gasteiger partial charge is 0.374 e. The summed E-state index contributed by atoms with van der Waals surface area (Å²) in [5.74, 6) is -1.22. The van der Waals surface area contributed by atoms with Gasteiger partial charge in [-0.25, -0.2) is 9.59 Å². The molecular formula is C19H16N2O5S. The van der Waals surface area contributed by atoms with Crippen LogP contribution in [0.25, 0.3) is 11.0 Å². The fourth-order valence-electron chi connectivity index (χ4n) is 2.68. The molecule has 3 rings (SSSR count). The summed E-state index contributed by atoms with van der Waals surface area (Å²) in [5.41, 5.74) is 7.39. The summed E-state index contributed by atoms with van der Waals surface area (Å²) in [4.78, 5) is 24.7. The Hall–Kier alpha value is -3.31. The number of furan rings is 1. The molecule has 1 aromatic carbocycles. The highest BCUT2D eigenvalue weighted by molar-refractivity contribution is 7.18. The Balaban J connectivity index is 1.87. The second-order valence-electron chi connectivity index (χ2n) is 5.61. The van der Waals surface area contributed by atoms with Gasteiger partial charge < -0.3 is 19.6 Å². The molecule has 0 amide bonds. The molecule has 138 valence electrons. The molecule has 0 saturated carbocycles. The highest BCUT2D eigenvalue weighted by atomic mass is 32.1. The van der Waals surface area contributed by atoms with Crippen LogP contribution in [0, 0.1) is 18.3 Å². The summed E-state index contributed by atoms with van der Waals surface area (Å²) in [5, 5.41) is 10.3. The molecule has 0 saturated heterocycles. The lowest BCUT2D eigenvalue weighted by Crippen LogP contribution is -2.10. The van der Waals surface area contributed by atoms with Crippen LogP contribution in [0.2, 0.25) is 0 Å². The van der Waals surface area contributed by atoms with E-state index >= 15 is 0 Å². The van der Waals surface area contributed by atoms with Gasteiger partial charge in [-0.15, -0.1) is 11.3 Å². The number of carbonyl (C=O) groups is 2. The van der Waals surface area contributed by atoms with Gasteiger partial charge in [-0.3, -0.25) is 0 Å². The van der Waals surface area contributed by atoms with Gasteiger partial charge in [0, 0.05) is 16.5 Å². The number of benzene rings is 1. The van der Waals surface area contributed by atoms with Crippen LogP contribution in [0.1, 0.15) is 43.8 Å². The lowest BCUT2D eigenvalue weighted by Gasteiger charge is -2.06. The van der Waals surface area contributed by atoms with Gasteiger partial charge in [-0.2, -0.15) is 5.26 Å². The Labute approximate surface area is 158 Å². The minimum Gasteiger partial charge on any atom is -0.462 e. The fraction of sp³-hybridized carbons (Fsp3) is 0.211. The maximum Gasteiger partial charge on any atom is 0.374 e. The molecule has 0 bridgehead atoms. The Morgan fingerprint density at radius 2 is 2.00 bits per heavy atom. The molecule has 0 radical (unpaired) electrons. The zero-order valence-electron chi connectivity index (χ0n) is 14.7. The van der Waals surface area contributed by atoms with Crippen molar-refractivity contribution in [2.45, 2.75) is 20.5 Å². The Morgan fingerprint density at radius 3 is 2.67 bits per heavy atom. The van der Waals surface area contributed by atoms with Crippen LogP contribution in [0.3, 0.4) is 0 Å². The van der Waals surface area contributed by atoms with E-state index in [1.165, 1.54) is 0 Å². The van der Waals surface area contributed by atoms with Crippen molar-refractivity contribution in [1.82, 2.24) is 0 Å². The van der Waals surface area contributed by atoms with Gasteiger partial charge >= 0.3 is 11.9 Å². The zero-order chi connectivity index (χ0) is 19.6. The molecule has 3 aromatic rings. The van der Waals surface area contributed by atoms with Crippen molar-refractivity contribution in [2.75, 3.05) is 12.3 Å². The number of para-hydroxylation sites is 1. The third-order valence-electron chi connectivity index (χ3n) is 3.98. The topological polar surface area (TPSA) is 116 Å². The molecule has 0 aliphatic carbocycles. The largest absolute Gasteiger partial charge is 0.462 e. The maximum atomic E-state index is 12.5. The molecule has 2 N–H and O–H groups in total. The van der Waals surface area contributed by atoms with Crippen LogP contribution in [0.4, 0.5) is 5.00 Å². The van der Waals surface area contributed by atoms with E-state index in [2.05, 4.69) is 0 Å². The van der Waals surface area contributed by atoms with Crippen LogP contribution in [0.15, 0.2) is 28.7 Å². The summed E-state index contributed by atoms with van der Waals surface area (Å²) in [7, 11) is 0. The number of nitrogen functional groups attached to an aromatic ring is 1. The third-order valence-corrected chi connectivity index (χ3v) is 5.02. The van der Waals surface area contributed by atoms with E-state index in [-0.39, 0.29) is 40.0 Å². The van der Waals surface area contributed by atoms with Crippen molar-refractivity contribution in [3.63, 3.8) is 0 Å². The fourth-order valence-corrected chi connectivity index (χ4v) is 3.60. The van der Waals surface area contributed by atoms with Crippen molar-refractivity contribution >= 4 is 39.2 Å². The molecule has 8 heteroatoms. The number of fused-ring (bicyclic) bond motifs is 1. The third kappa shape index (κ3) is 3.37. The lowest BCUT2D eigenvalue weighted by atomic mass is 10.1. The van der Waals surface area contributed by atoms with Crippen LogP contribution in [0.5, 0.6) is 0 Å². The molecule has 27 heavy (non-hydrogen) atoms. The minimum absolute atomic E-state index is 0.0793. The van der Waals surface area contributed by atoms with Gasteiger partial charge in [0.25, 0.3) is 0 Å². The van der Waals surface area contributed by atoms with Gasteiger partial charge in [0.05, 0.1) is 12.2 Å². The van der Waals surface area contributed by atoms with Crippen molar-refractivity contribution in [3.05, 3.63) is 51.6 Å². The van der Waals surface area contributed by atoms with E-state index < -0.39 is 11.9 Å². The van der Waals surface area contributed by atoms with Crippen LogP contribution >= 0.6 is 11.3 Å². The number of hydrogen-bond acceptors (Lipinski definition) is 8. The van der Waals surface area contributed by atoms with E-state index in [1.54, 1.807) is 26.0 Å². The molecule has 7 nitrogen and oxygen atoms in total. The highest BCUT2D eigenvalue weighted by Crippen LogP contribution is 2.32. The molecule has 0 aliphatic rings. The number of hydrogen-bond donors (Lipinski definition) is 1. The number of nitrogens with two attached hydrogens (primary N) is 1. The van der Waals surface area contributed by atoms with Crippen molar-refractivity contribution < 1.29 is 23.5 Å². The maximum absolute atomic E-state index is 12.5. The van der Waals surface area contributed by atoms with Crippen LogP contribution in [-0.4, -0.2) is 18.5 Å². The molecular weight excluding hydrogens is 368 g/mol. The quantitative estimate of drug-likeness (QED) is 0.665. The average Bonchev–Trinajstić information content (AvgIpc) is 3.17. The molecule has 2 aromatic heterocycles. The molecule has 0 fully saturated rings.